The highest BCUT2D eigenvalue weighted by Gasteiger charge is 2.15. The van der Waals surface area contributed by atoms with E-state index < -0.39 is 0 Å². The van der Waals surface area contributed by atoms with Gasteiger partial charge in [0, 0.05) is 18.8 Å². The van der Waals surface area contributed by atoms with Crippen LogP contribution < -0.4 is 10.6 Å². The largest absolute Gasteiger partial charge is 0.376 e. The summed E-state index contributed by atoms with van der Waals surface area (Å²) in [5, 5.41) is 5.73. The van der Waals surface area contributed by atoms with Crippen molar-refractivity contribution in [2.24, 2.45) is 0 Å². The molecule has 0 aromatic heterocycles. The van der Waals surface area contributed by atoms with Crippen molar-refractivity contribution < 1.29 is 14.3 Å². The fourth-order valence-electron chi connectivity index (χ4n) is 3.16. The minimum absolute atomic E-state index is 0.0602. The van der Waals surface area contributed by atoms with Crippen LogP contribution in [0.3, 0.4) is 0 Å². The number of carbonyl (C=O) groups is 1. The summed E-state index contributed by atoms with van der Waals surface area (Å²) in [4.78, 5) is 14.5. The summed E-state index contributed by atoms with van der Waals surface area (Å²) in [6.07, 6.45) is 3.85. The number of likely N-dealkylation sites (tertiary alicyclic amines) is 1. The number of piperidine rings is 1. The fourth-order valence-corrected chi connectivity index (χ4v) is 3.16. The van der Waals surface area contributed by atoms with Crippen molar-refractivity contribution in [1.29, 1.82) is 0 Å². The number of anilines is 1. The predicted molar refractivity (Wildman–Crippen MR) is 93.2 cm³/mol. The zero-order valence-electron chi connectivity index (χ0n) is 14.1. The van der Waals surface area contributed by atoms with E-state index in [9.17, 15) is 4.79 Å². The third kappa shape index (κ3) is 5.47. The topological polar surface area (TPSA) is 62.8 Å². The van der Waals surface area contributed by atoms with Crippen molar-refractivity contribution in [2.45, 2.75) is 31.9 Å². The Hall–Kier alpha value is -1.63. The number of benzene rings is 1. The zero-order chi connectivity index (χ0) is 16.6. The molecule has 1 unspecified atom stereocenters. The molecule has 2 amide bonds. The molecule has 1 atom stereocenters. The van der Waals surface area contributed by atoms with Gasteiger partial charge < -0.3 is 20.1 Å². The molecule has 6 heteroatoms. The minimum Gasteiger partial charge on any atom is -0.376 e. The van der Waals surface area contributed by atoms with Crippen LogP contribution in [0.4, 0.5) is 10.5 Å². The molecule has 0 aliphatic carbocycles. The SMILES string of the molecule is O=C(NCC1COCCO1)Nc1cccc(CN2CCCCC2)c1. The van der Waals surface area contributed by atoms with Crippen LogP contribution >= 0.6 is 0 Å². The minimum atomic E-state index is -0.209. The maximum atomic E-state index is 12.0. The number of nitrogens with zero attached hydrogens (tertiary/aromatic N) is 1. The lowest BCUT2D eigenvalue weighted by Crippen LogP contribution is -2.41. The van der Waals surface area contributed by atoms with Crippen molar-refractivity contribution in [3.63, 3.8) is 0 Å². The van der Waals surface area contributed by atoms with Crippen LogP contribution in [-0.4, -0.2) is 56.5 Å². The van der Waals surface area contributed by atoms with E-state index in [4.69, 9.17) is 9.47 Å². The predicted octanol–water partition coefficient (Wildman–Crippen LogP) is 2.21. The van der Waals surface area contributed by atoms with Crippen LogP contribution in [-0.2, 0) is 16.0 Å². The number of rotatable bonds is 5. The molecule has 1 aromatic carbocycles. The molecule has 0 bridgehead atoms. The highest BCUT2D eigenvalue weighted by atomic mass is 16.6. The van der Waals surface area contributed by atoms with Crippen LogP contribution in [0, 0.1) is 0 Å². The van der Waals surface area contributed by atoms with E-state index in [-0.39, 0.29) is 12.1 Å². The van der Waals surface area contributed by atoms with Gasteiger partial charge in [0.2, 0.25) is 0 Å². The van der Waals surface area contributed by atoms with Gasteiger partial charge in [0.1, 0.15) is 0 Å². The second kappa shape index (κ2) is 9.01. The number of hydrogen-bond donors (Lipinski definition) is 2. The first-order chi connectivity index (χ1) is 11.8. The Labute approximate surface area is 143 Å². The summed E-state index contributed by atoms with van der Waals surface area (Å²) < 4.78 is 10.8. The van der Waals surface area contributed by atoms with E-state index in [1.54, 1.807) is 0 Å². The standard InChI is InChI=1S/C18H27N3O3/c22-18(19-12-17-14-23-9-10-24-17)20-16-6-4-5-15(11-16)13-21-7-2-1-3-8-21/h4-6,11,17H,1-3,7-10,12-14H2,(H2,19,20,22). The van der Waals surface area contributed by atoms with Gasteiger partial charge in [-0.25, -0.2) is 4.79 Å². The van der Waals surface area contributed by atoms with E-state index in [0.29, 0.717) is 26.4 Å². The third-order valence-electron chi connectivity index (χ3n) is 4.41. The third-order valence-corrected chi connectivity index (χ3v) is 4.41. The number of hydrogen-bond acceptors (Lipinski definition) is 4. The van der Waals surface area contributed by atoms with Crippen molar-refractivity contribution in [3.8, 4) is 0 Å². The smallest absolute Gasteiger partial charge is 0.319 e. The molecular weight excluding hydrogens is 306 g/mol. The first-order valence-electron chi connectivity index (χ1n) is 8.85. The first-order valence-corrected chi connectivity index (χ1v) is 8.85. The Bertz CT molecular complexity index is 526. The molecule has 0 radical (unpaired) electrons. The normalized spacial score (nSPS) is 22.1. The molecule has 2 heterocycles. The van der Waals surface area contributed by atoms with Crippen LogP contribution in [0.2, 0.25) is 0 Å². The Balaban J connectivity index is 1.45. The summed E-state index contributed by atoms with van der Waals surface area (Å²) in [6.45, 7) is 5.50. The number of nitrogens with one attached hydrogen (secondary N) is 2. The van der Waals surface area contributed by atoms with Crippen molar-refractivity contribution in [2.75, 3.05) is 44.8 Å². The van der Waals surface area contributed by atoms with E-state index in [1.165, 1.54) is 37.9 Å². The quantitative estimate of drug-likeness (QED) is 0.867. The first kappa shape index (κ1) is 17.2. The lowest BCUT2D eigenvalue weighted by molar-refractivity contribution is -0.0852. The average Bonchev–Trinajstić information content (AvgIpc) is 2.62. The lowest BCUT2D eigenvalue weighted by atomic mass is 10.1. The second-order valence-corrected chi connectivity index (χ2v) is 6.44. The van der Waals surface area contributed by atoms with Crippen molar-refractivity contribution in [3.05, 3.63) is 29.8 Å². The molecular formula is C18H27N3O3. The maximum Gasteiger partial charge on any atom is 0.319 e. The monoisotopic (exact) mass is 333 g/mol. The number of carbonyl (C=O) groups excluding carboxylic acids is 1. The van der Waals surface area contributed by atoms with E-state index in [2.05, 4.69) is 27.7 Å². The number of urea groups is 1. The van der Waals surface area contributed by atoms with E-state index in [0.717, 1.165) is 12.2 Å². The fraction of sp³-hybridized carbons (Fsp3) is 0.611. The molecule has 0 spiro atoms. The molecule has 2 fully saturated rings. The summed E-state index contributed by atoms with van der Waals surface area (Å²) in [5.74, 6) is 0. The Morgan fingerprint density at radius 3 is 2.88 bits per heavy atom. The Morgan fingerprint density at radius 2 is 2.08 bits per heavy atom. The molecule has 1 aromatic rings. The van der Waals surface area contributed by atoms with Gasteiger partial charge >= 0.3 is 6.03 Å². The Morgan fingerprint density at radius 1 is 1.21 bits per heavy atom. The average molecular weight is 333 g/mol. The zero-order valence-corrected chi connectivity index (χ0v) is 14.1. The van der Waals surface area contributed by atoms with E-state index in [1.807, 2.05) is 12.1 Å². The van der Waals surface area contributed by atoms with Gasteiger partial charge in [0.25, 0.3) is 0 Å². The van der Waals surface area contributed by atoms with Gasteiger partial charge in [0.15, 0.2) is 0 Å². The van der Waals surface area contributed by atoms with Crippen molar-refractivity contribution in [1.82, 2.24) is 10.2 Å². The van der Waals surface area contributed by atoms with Crippen LogP contribution in [0.5, 0.6) is 0 Å². The lowest BCUT2D eigenvalue weighted by Gasteiger charge is -2.26. The Kier molecular flexibility index (Phi) is 6.46. The van der Waals surface area contributed by atoms with Gasteiger partial charge in [-0.15, -0.1) is 0 Å². The van der Waals surface area contributed by atoms with Gasteiger partial charge in [0.05, 0.1) is 25.9 Å². The van der Waals surface area contributed by atoms with Crippen LogP contribution in [0.25, 0.3) is 0 Å². The van der Waals surface area contributed by atoms with Gasteiger partial charge in [-0.1, -0.05) is 18.6 Å². The molecule has 2 aliphatic rings. The molecule has 2 aliphatic heterocycles. The summed E-state index contributed by atoms with van der Waals surface area (Å²) >= 11 is 0. The molecule has 2 saturated heterocycles. The maximum absolute atomic E-state index is 12.0. The van der Waals surface area contributed by atoms with Crippen LogP contribution in [0.1, 0.15) is 24.8 Å². The van der Waals surface area contributed by atoms with E-state index >= 15 is 0 Å². The molecule has 2 N–H and O–H groups in total. The number of amides is 2. The number of ether oxygens (including phenoxy) is 2. The summed E-state index contributed by atoms with van der Waals surface area (Å²) in [5.41, 5.74) is 2.06. The summed E-state index contributed by atoms with van der Waals surface area (Å²) in [6, 6.07) is 7.87. The molecule has 0 saturated carbocycles. The highest BCUT2D eigenvalue weighted by molar-refractivity contribution is 5.89. The van der Waals surface area contributed by atoms with Gasteiger partial charge in [-0.3, -0.25) is 4.90 Å². The molecule has 6 nitrogen and oxygen atoms in total. The second-order valence-electron chi connectivity index (χ2n) is 6.44. The summed E-state index contributed by atoms with van der Waals surface area (Å²) in [7, 11) is 0. The highest BCUT2D eigenvalue weighted by Crippen LogP contribution is 2.16. The van der Waals surface area contributed by atoms with Gasteiger partial charge in [-0.05, 0) is 43.6 Å². The molecule has 3 rings (SSSR count). The molecule has 24 heavy (non-hydrogen) atoms. The van der Waals surface area contributed by atoms with Crippen molar-refractivity contribution >= 4 is 11.7 Å². The van der Waals surface area contributed by atoms with Crippen LogP contribution in [0.15, 0.2) is 24.3 Å². The molecule has 132 valence electrons. The van der Waals surface area contributed by atoms with Gasteiger partial charge in [-0.2, -0.15) is 0 Å².